The fraction of sp³-hybridized carbons (Fsp3) is 0.278. The van der Waals surface area contributed by atoms with Gasteiger partial charge in [-0.25, -0.2) is 4.68 Å². The first-order chi connectivity index (χ1) is 12.6. The highest BCUT2D eigenvalue weighted by Gasteiger charge is 2.25. The molecule has 0 N–H and O–H groups in total. The van der Waals surface area contributed by atoms with E-state index in [1.54, 1.807) is 16.8 Å². The van der Waals surface area contributed by atoms with Gasteiger partial charge in [-0.1, -0.05) is 23.2 Å². The van der Waals surface area contributed by atoms with E-state index in [0.29, 0.717) is 15.9 Å². The number of anilines is 1. The molecule has 0 bridgehead atoms. The van der Waals surface area contributed by atoms with Gasteiger partial charge in [0, 0.05) is 25.2 Å². The molecule has 1 fully saturated rings. The second kappa shape index (κ2) is 7.13. The first-order valence-electron chi connectivity index (χ1n) is 8.31. The van der Waals surface area contributed by atoms with Crippen LogP contribution in [-0.4, -0.2) is 39.2 Å². The smallest absolute Gasteiger partial charge is 0.175 e. The Morgan fingerprint density at radius 3 is 2.54 bits per heavy atom. The van der Waals surface area contributed by atoms with Gasteiger partial charge in [-0.3, -0.25) is 0 Å². The molecule has 1 aromatic carbocycles. The third-order valence-corrected chi connectivity index (χ3v) is 5.00. The molecule has 1 aliphatic rings. The quantitative estimate of drug-likeness (QED) is 0.676. The summed E-state index contributed by atoms with van der Waals surface area (Å²) < 4.78 is 7.73. The number of aryl methyl sites for hydroxylation is 1. The van der Waals surface area contributed by atoms with E-state index in [0.717, 1.165) is 36.8 Å². The third kappa shape index (κ3) is 3.61. The zero-order chi connectivity index (χ0) is 18.1. The molecule has 0 radical (unpaired) electrons. The van der Waals surface area contributed by atoms with Crippen LogP contribution in [0, 0.1) is 6.92 Å². The second-order valence-electron chi connectivity index (χ2n) is 6.20. The Kier molecular flexibility index (Phi) is 4.70. The molecule has 1 atom stereocenters. The largest absolute Gasteiger partial charge is 0.488 e. The van der Waals surface area contributed by atoms with Crippen molar-refractivity contribution in [2.45, 2.75) is 19.4 Å². The van der Waals surface area contributed by atoms with Crippen molar-refractivity contribution in [3.63, 3.8) is 0 Å². The molecule has 1 aliphatic heterocycles. The van der Waals surface area contributed by atoms with Gasteiger partial charge >= 0.3 is 0 Å². The van der Waals surface area contributed by atoms with E-state index in [9.17, 15) is 0 Å². The van der Waals surface area contributed by atoms with Crippen molar-refractivity contribution in [3.8, 4) is 11.6 Å². The SMILES string of the molecule is Cc1ccn(-c2ccc(N3CCC(Oc4ccc(Cl)c(Cl)c4)C3)nn2)n1. The number of hydrogen-bond donors (Lipinski definition) is 0. The Bertz CT molecular complexity index is 912. The highest BCUT2D eigenvalue weighted by atomic mass is 35.5. The van der Waals surface area contributed by atoms with Crippen LogP contribution in [-0.2, 0) is 0 Å². The maximum Gasteiger partial charge on any atom is 0.175 e. The minimum atomic E-state index is 0.0717. The highest BCUT2D eigenvalue weighted by molar-refractivity contribution is 6.42. The number of aromatic nitrogens is 4. The molecule has 134 valence electrons. The van der Waals surface area contributed by atoms with E-state index in [1.165, 1.54) is 0 Å². The van der Waals surface area contributed by atoms with Crippen molar-refractivity contribution in [2.24, 2.45) is 0 Å². The Morgan fingerprint density at radius 1 is 1.04 bits per heavy atom. The van der Waals surface area contributed by atoms with Gasteiger partial charge in [-0.15, -0.1) is 10.2 Å². The lowest BCUT2D eigenvalue weighted by atomic mass is 10.3. The summed E-state index contributed by atoms with van der Waals surface area (Å²) >= 11 is 12.0. The average Bonchev–Trinajstić information content (AvgIpc) is 3.28. The van der Waals surface area contributed by atoms with Gasteiger partial charge in [0.15, 0.2) is 11.6 Å². The average molecular weight is 390 g/mol. The molecule has 0 aliphatic carbocycles. The third-order valence-electron chi connectivity index (χ3n) is 4.26. The van der Waals surface area contributed by atoms with E-state index < -0.39 is 0 Å². The van der Waals surface area contributed by atoms with Crippen molar-refractivity contribution < 1.29 is 4.74 Å². The van der Waals surface area contributed by atoms with Crippen molar-refractivity contribution in [1.29, 1.82) is 0 Å². The number of halogens is 2. The van der Waals surface area contributed by atoms with Gasteiger partial charge in [-0.2, -0.15) is 5.10 Å². The maximum atomic E-state index is 6.04. The normalized spacial score (nSPS) is 16.9. The molecule has 4 rings (SSSR count). The second-order valence-corrected chi connectivity index (χ2v) is 7.02. The summed E-state index contributed by atoms with van der Waals surface area (Å²) in [7, 11) is 0. The fourth-order valence-electron chi connectivity index (χ4n) is 2.93. The number of hydrogen-bond acceptors (Lipinski definition) is 5. The highest BCUT2D eigenvalue weighted by Crippen LogP contribution is 2.28. The Morgan fingerprint density at radius 2 is 1.85 bits per heavy atom. The molecule has 3 aromatic rings. The van der Waals surface area contributed by atoms with Crippen LogP contribution in [0.3, 0.4) is 0 Å². The molecule has 8 heteroatoms. The van der Waals surface area contributed by atoms with E-state index in [2.05, 4.69) is 20.2 Å². The van der Waals surface area contributed by atoms with Gasteiger partial charge in [0.25, 0.3) is 0 Å². The standard InChI is InChI=1S/C18H17Cl2N5O/c1-12-6-9-25(23-12)18-5-4-17(21-22-18)24-8-7-14(11-24)26-13-2-3-15(19)16(20)10-13/h2-6,9-10,14H,7-8,11H2,1H3. The Hall–Kier alpha value is -2.31. The van der Waals surface area contributed by atoms with Crippen LogP contribution < -0.4 is 9.64 Å². The first kappa shape index (κ1) is 17.1. The van der Waals surface area contributed by atoms with Crippen molar-refractivity contribution in [2.75, 3.05) is 18.0 Å². The van der Waals surface area contributed by atoms with Gasteiger partial charge in [0.05, 0.1) is 22.3 Å². The summed E-state index contributed by atoms with van der Waals surface area (Å²) in [5.74, 6) is 2.25. The molecular weight excluding hydrogens is 373 g/mol. The first-order valence-corrected chi connectivity index (χ1v) is 9.07. The van der Waals surface area contributed by atoms with Crippen molar-refractivity contribution in [3.05, 3.63) is 58.3 Å². The van der Waals surface area contributed by atoms with Crippen LogP contribution in [0.2, 0.25) is 10.0 Å². The summed E-state index contributed by atoms with van der Waals surface area (Å²) in [5.41, 5.74) is 0.942. The molecule has 26 heavy (non-hydrogen) atoms. The van der Waals surface area contributed by atoms with Crippen LogP contribution in [0.25, 0.3) is 5.82 Å². The van der Waals surface area contributed by atoms with Gasteiger partial charge in [0.1, 0.15) is 11.9 Å². The summed E-state index contributed by atoms with van der Waals surface area (Å²) in [6, 6.07) is 11.1. The molecule has 6 nitrogen and oxygen atoms in total. The predicted octanol–water partition coefficient (Wildman–Crippen LogP) is 3.94. The monoisotopic (exact) mass is 389 g/mol. The Labute approximate surface area is 161 Å². The topological polar surface area (TPSA) is 56.1 Å². The molecule has 0 saturated carbocycles. The van der Waals surface area contributed by atoms with E-state index in [-0.39, 0.29) is 6.10 Å². The zero-order valence-corrected chi connectivity index (χ0v) is 15.7. The van der Waals surface area contributed by atoms with Crippen molar-refractivity contribution in [1.82, 2.24) is 20.0 Å². The lowest BCUT2D eigenvalue weighted by molar-refractivity contribution is 0.225. The number of benzene rings is 1. The molecule has 3 heterocycles. The van der Waals surface area contributed by atoms with Crippen LogP contribution in [0.15, 0.2) is 42.6 Å². The number of nitrogens with zero attached hydrogens (tertiary/aromatic N) is 5. The zero-order valence-electron chi connectivity index (χ0n) is 14.1. The predicted molar refractivity (Wildman–Crippen MR) is 102 cm³/mol. The summed E-state index contributed by atoms with van der Waals surface area (Å²) in [4.78, 5) is 2.16. The van der Waals surface area contributed by atoms with Crippen molar-refractivity contribution >= 4 is 29.0 Å². The van der Waals surface area contributed by atoms with Gasteiger partial charge < -0.3 is 9.64 Å². The minimum Gasteiger partial charge on any atom is -0.488 e. The van der Waals surface area contributed by atoms with E-state index in [1.807, 2.05) is 37.4 Å². The lowest BCUT2D eigenvalue weighted by Gasteiger charge is -2.18. The maximum absolute atomic E-state index is 6.04. The summed E-state index contributed by atoms with van der Waals surface area (Å²) in [6.45, 7) is 3.55. The van der Waals surface area contributed by atoms with Crippen LogP contribution >= 0.6 is 23.2 Å². The summed E-state index contributed by atoms with van der Waals surface area (Å²) in [6.07, 6.45) is 2.85. The van der Waals surface area contributed by atoms with Crippen LogP contribution in [0.5, 0.6) is 5.75 Å². The Balaban J connectivity index is 1.41. The number of rotatable bonds is 4. The van der Waals surface area contributed by atoms with Crippen LogP contribution in [0.4, 0.5) is 5.82 Å². The van der Waals surface area contributed by atoms with Crippen LogP contribution in [0.1, 0.15) is 12.1 Å². The molecule has 1 unspecified atom stereocenters. The molecule has 0 amide bonds. The molecule has 2 aromatic heterocycles. The number of ether oxygens (including phenoxy) is 1. The van der Waals surface area contributed by atoms with Gasteiger partial charge in [0.2, 0.25) is 0 Å². The molecule has 1 saturated heterocycles. The fourth-order valence-corrected chi connectivity index (χ4v) is 3.21. The summed E-state index contributed by atoms with van der Waals surface area (Å²) in [5, 5.41) is 14.0. The van der Waals surface area contributed by atoms with E-state index >= 15 is 0 Å². The van der Waals surface area contributed by atoms with E-state index in [4.69, 9.17) is 27.9 Å². The lowest BCUT2D eigenvalue weighted by Crippen LogP contribution is -2.25. The van der Waals surface area contributed by atoms with Gasteiger partial charge in [-0.05, 0) is 37.3 Å². The minimum absolute atomic E-state index is 0.0717. The molecular formula is C18H17Cl2N5O. The molecule has 0 spiro atoms.